The first-order chi connectivity index (χ1) is 16.9. The third kappa shape index (κ3) is 6.91. The number of nitrogens with one attached hydrogen (secondary N) is 2. The van der Waals surface area contributed by atoms with Crippen LogP contribution in [0.4, 0.5) is 4.79 Å². The molecular formula is C27H35N5O3. The summed E-state index contributed by atoms with van der Waals surface area (Å²) in [7, 11) is 0. The first kappa shape index (κ1) is 25.9. The molecule has 0 unspecified atom stereocenters. The molecule has 3 rings (SSSR count). The first-order valence-corrected chi connectivity index (χ1v) is 12.1. The number of hydrogen-bond donors (Lipinski definition) is 2. The van der Waals surface area contributed by atoms with E-state index in [0.717, 1.165) is 29.7 Å². The number of carbonyl (C=O) groups is 3. The van der Waals surface area contributed by atoms with Crippen LogP contribution in [0.3, 0.4) is 0 Å². The Morgan fingerprint density at radius 2 is 1.91 bits per heavy atom. The van der Waals surface area contributed by atoms with Crippen molar-refractivity contribution in [2.45, 2.75) is 51.6 Å². The van der Waals surface area contributed by atoms with E-state index in [1.165, 1.54) is 0 Å². The lowest BCUT2D eigenvalue weighted by Crippen LogP contribution is -2.37. The summed E-state index contributed by atoms with van der Waals surface area (Å²) >= 11 is 0. The van der Waals surface area contributed by atoms with E-state index in [2.05, 4.69) is 33.3 Å². The van der Waals surface area contributed by atoms with Crippen LogP contribution in [0.25, 0.3) is 12.2 Å². The average Bonchev–Trinajstić information content (AvgIpc) is 3.26. The van der Waals surface area contributed by atoms with Gasteiger partial charge in [0.2, 0.25) is 5.91 Å². The van der Waals surface area contributed by atoms with Crippen molar-refractivity contribution >= 4 is 29.9 Å². The number of ketones is 1. The van der Waals surface area contributed by atoms with Gasteiger partial charge >= 0.3 is 6.03 Å². The second-order valence-electron chi connectivity index (χ2n) is 8.75. The van der Waals surface area contributed by atoms with Gasteiger partial charge in [-0.2, -0.15) is 0 Å². The van der Waals surface area contributed by atoms with Gasteiger partial charge in [0.25, 0.3) is 0 Å². The summed E-state index contributed by atoms with van der Waals surface area (Å²) in [5.41, 5.74) is 3.30. The maximum atomic E-state index is 13.0. The van der Waals surface area contributed by atoms with Crippen molar-refractivity contribution in [3.8, 4) is 0 Å². The molecule has 1 aliphatic heterocycles. The topological polar surface area (TPSA) is 96.3 Å². The molecule has 1 aliphatic rings. The fourth-order valence-electron chi connectivity index (χ4n) is 4.46. The summed E-state index contributed by atoms with van der Waals surface area (Å²) in [6.45, 7) is 11.8. The molecule has 0 spiro atoms. The van der Waals surface area contributed by atoms with Gasteiger partial charge in [-0.05, 0) is 43.4 Å². The second-order valence-corrected chi connectivity index (χ2v) is 8.75. The lowest BCUT2D eigenvalue weighted by Gasteiger charge is -2.32. The van der Waals surface area contributed by atoms with Crippen LogP contribution < -0.4 is 10.6 Å². The number of hydrogen-bond acceptors (Lipinski definition) is 4. The molecule has 0 atom stereocenters. The fourth-order valence-corrected chi connectivity index (χ4v) is 4.46. The van der Waals surface area contributed by atoms with E-state index in [4.69, 9.17) is 0 Å². The van der Waals surface area contributed by atoms with E-state index in [-0.39, 0.29) is 23.8 Å². The number of rotatable bonds is 11. The summed E-state index contributed by atoms with van der Waals surface area (Å²) < 4.78 is 2.13. The van der Waals surface area contributed by atoms with Crippen molar-refractivity contribution in [1.29, 1.82) is 0 Å². The number of Topliss-reactive ketones (excluding diaryl/α,β-unsaturated/α-hetero) is 1. The first-order valence-electron chi connectivity index (χ1n) is 12.1. The Bertz CT molecular complexity index is 1050. The Balaban J connectivity index is 1.49. The minimum atomic E-state index is -0.238. The summed E-state index contributed by atoms with van der Waals surface area (Å²) in [5, 5.41) is 5.62. The van der Waals surface area contributed by atoms with E-state index >= 15 is 0 Å². The van der Waals surface area contributed by atoms with Crippen LogP contribution >= 0.6 is 0 Å². The molecule has 0 aromatic carbocycles. The van der Waals surface area contributed by atoms with Gasteiger partial charge in [-0.1, -0.05) is 25.3 Å². The molecule has 8 heteroatoms. The number of carbonyl (C=O) groups excluding carboxylic acids is 3. The highest BCUT2D eigenvalue weighted by atomic mass is 16.2. The maximum absolute atomic E-state index is 13.0. The number of likely N-dealkylation sites (tertiary alicyclic amines) is 1. The zero-order valence-corrected chi connectivity index (χ0v) is 20.5. The average molecular weight is 478 g/mol. The highest BCUT2D eigenvalue weighted by Crippen LogP contribution is 2.30. The molecule has 186 valence electrons. The van der Waals surface area contributed by atoms with E-state index in [9.17, 15) is 14.4 Å². The third-order valence-electron chi connectivity index (χ3n) is 6.41. The summed E-state index contributed by atoms with van der Waals surface area (Å²) in [4.78, 5) is 42.5. The Morgan fingerprint density at radius 1 is 1.14 bits per heavy atom. The predicted octanol–water partition coefficient (Wildman–Crippen LogP) is 4.20. The Kier molecular flexibility index (Phi) is 9.40. The standard InChI is InChI=1S/C27H35N5O3/c1-4-23-24(19-32(25(23)5-2)22-11-15-31(16-12-22)20(3)33)26(34)10-6-7-14-29-27(35)30-18-21-9-8-13-28-17-21/h4-5,8-9,13,17,19,22H,1-2,6-7,10-12,14-16,18H2,3H3,(H2,29,30,35). The van der Waals surface area contributed by atoms with Gasteiger partial charge < -0.3 is 20.1 Å². The van der Waals surface area contributed by atoms with Crippen molar-refractivity contribution < 1.29 is 14.4 Å². The third-order valence-corrected chi connectivity index (χ3v) is 6.41. The molecule has 3 heterocycles. The minimum absolute atomic E-state index is 0.0592. The van der Waals surface area contributed by atoms with Gasteiger partial charge in [0.05, 0.1) is 0 Å². The molecule has 2 N–H and O–H groups in total. The number of pyridine rings is 1. The molecule has 35 heavy (non-hydrogen) atoms. The lowest BCUT2D eigenvalue weighted by atomic mass is 10.0. The normalized spacial score (nSPS) is 13.8. The lowest BCUT2D eigenvalue weighted by molar-refractivity contribution is -0.130. The van der Waals surface area contributed by atoms with Gasteiger partial charge in [-0.15, -0.1) is 0 Å². The molecule has 2 aromatic rings. The van der Waals surface area contributed by atoms with Gasteiger partial charge in [-0.3, -0.25) is 14.6 Å². The number of aromatic nitrogens is 2. The fraction of sp³-hybridized carbons (Fsp3) is 0.407. The Hall–Kier alpha value is -3.68. The minimum Gasteiger partial charge on any atom is -0.344 e. The Labute approximate surface area is 207 Å². The molecule has 0 saturated carbocycles. The molecule has 0 radical (unpaired) electrons. The van der Waals surface area contributed by atoms with Crippen molar-refractivity contribution in [2.75, 3.05) is 19.6 Å². The van der Waals surface area contributed by atoms with Gasteiger partial charge in [0.15, 0.2) is 5.78 Å². The molecule has 8 nitrogen and oxygen atoms in total. The number of piperidine rings is 1. The molecular weight excluding hydrogens is 442 g/mol. The molecule has 0 bridgehead atoms. The van der Waals surface area contributed by atoms with Crippen LogP contribution in [-0.2, 0) is 11.3 Å². The van der Waals surface area contributed by atoms with Crippen LogP contribution in [0.15, 0.2) is 43.9 Å². The zero-order valence-electron chi connectivity index (χ0n) is 20.5. The van der Waals surface area contributed by atoms with Crippen LogP contribution in [0.5, 0.6) is 0 Å². The highest BCUT2D eigenvalue weighted by Gasteiger charge is 2.26. The van der Waals surface area contributed by atoms with E-state index in [0.29, 0.717) is 51.0 Å². The van der Waals surface area contributed by atoms with Crippen molar-refractivity contribution in [2.24, 2.45) is 0 Å². The van der Waals surface area contributed by atoms with E-state index < -0.39 is 0 Å². The summed E-state index contributed by atoms with van der Waals surface area (Å²) in [6, 6.07) is 3.70. The van der Waals surface area contributed by atoms with Crippen molar-refractivity contribution in [3.05, 3.63) is 66.3 Å². The summed E-state index contributed by atoms with van der Waals surface area (Å²) in [6.07, 6.45) is 12.3. The molecule has 1 fully saturated rings. The van der Waals surface area contributed by atoms with E-state index in [1.807, 2.05) is 23.2 Å². The Morgan fingerprint density at radius 3 is 2.54 bits per heavy atom. The maximum Gasteiger partial charge on any atom is 0.315 e. The summed E-state index contributed by atoms with van der Waals surface area (Å²) in [5.74, 6) is 0.159. The number of amides is 3. The van der Waals surface area contributed by atoms with Gasteiger partial charge in [0, 0.05) is 81.0 Å². The highest BCUT2D eigenvalue weighted by molar-refractivity contribution is 6.00. The molecule has 1 saturated heterocycles. The number of unbranched alkanes of at least 4 members (excludes halogenated alkanes) is 1. The molecule has 2 aromatic heterocycles. The molecule has 3 amide bonds. The zero-order chi connectivity index (χ0) is 25.2. The van der Waals surface area contributed by atoms with Gasteiger partial charge in [0.1, 0.15) is 0 Å². The van der Waals surface area contributed by atoms with Gasteiger partial charge in [-0.25, -0.2) is 4.79 Å². The van der Waals surface area contributed by atoms with Crippen LogP contribution in [0, 0.1) is 0 Å². The van der Waals surface area contributed by atoms with E-state index in [1.54, 1.807) is 31.5 Å². The predicted molar refractivity (Wildman–Crippen MR) is 138 cm³/mol. The van der Waals surface area contributed by atoms with Crippen LogP contribution in [-0.4, -0.2) is 51.8 Å². The second kappa shape index (κ2) is 12.7. The smallest absolute Gasteiger partial charge is 0.315 e. The molecule has 0 aliphatic carbocycles. The largest absolute Gasteiger partial charge is 0.344 e. The quantitative estimate of drug-likeness (QED) is 0.374. The van der Waals surface area contributed by atoms with Crippen LogP contribution in [0.1, 0.15) is 72.2 Å². The number of nitrogens with zero attached hydrogens (tertiary/aromatic N) is 3. The SMILES string of the molecule is C=Cc1c(C(=O)CCCCNC(=O)NCc2cccnc2)cn(C2CCN(C(C)=O)CC2)c1C=C. The van der Waals surface area contributed by atoms with Crippen LogP contribution in [0.2, 0.25) is 0 Å². The monoisotopic (exact) mass is 477 g/mol. The number of urea groups is 1. The van der Waals surface area contributed by atoms with Crippen molar-refractivity contribution in [3.63, 3.8) is 0 Å². The van der Waals surface area contributed by atoms with Crippen molar-refractivity contribution in [1.82, 2.24) is 25.1 Å².